The van der Waals surface area contributed by atoms with Gasteiger partial charge in [-0.05, 0) is 59.7 Å². The molecule has 6 nitrogen and oxygen atoms in total. The van der Waals surface area contributed by atoms with E-state index in [1.807, 2.05) is 44.2 Å². The number of benzene rings is 2. The average Bonchev–Trinajstić information content (AvgIpc) is 2.65. The van der Waals surface area contributed by atoms with Gasteiger partial charge in [0.15, 0.2) is 5.11 Å². The molecule has 3 rings (SSSR count). The predicted octanol–water partition coefficient (Wildman–Crippen LogP) is 4.72. The van der Waals surface area contributed by atoms with Crippen LogP contribution >= 0.6 is 28.1 Å². The Bertz CT molecular complexity index is 1010. The molecule has 0 aliphatic rings. The van der Waals surface area contributed by atoms with Gasteiger partial charge in [-0.15, -0.1) is 0 Å². The fourth-order valence-electron chi connectivity index (χ4n) is 2.67. The Morgan fingerprint density at radius 2 is 1.89 bits per heavy atom. The van der Waals surface area contributed by atoms with Crippen LogP contribution in [-0.4, -0.2) is 26.3 Å². The molecular weight excluding hydrogens is 440 g/mol. The largest absolute Gasteiger partial charge is 0.506 e. The monoisotopic (exact) mass is 458 g/mol. The van der Waals surface area contributed by atoms with Crippen LogP contribution in [0.4, 0.5) is 5.95 Å². The van der Waals surface area contributed by atoms with Crippen molar-refractivity contribution < 1.29 is 9.84 Å². The zero-order valence-electron chi connectivity index (χ0n) is 15.3. The van der Waals surface area contributed by atoms with Crippen LogP contribution in [0.25, 0.3) is 22.4 Å². The molecule has 0 atom stereocenters. The van der Waals surface area contributed by atoms with E-state index in [1.165, 1.54) is 0 Å². The normalized spacial score (nSPS) is 10.7. The van der Waals surface area contributed by atoms with E-state index >= 15 is 0 Å². The lowest BCUT2D eigenvalue weighted by molar-refractivity contribution is 0.239. The van der Waals surface area contributed by atoms with Crippen molar-refractivity contribution in [3.05, 3.63) is 53.1 Å². The Morgan fingerprint density at radius 1 is 1.18 bits per heavy atom. The molecule has 0 spiro atoms. The maximum Gasteiger partial charge on any atom is 0.229 e. The number of anilines is 1. The molecule has 0 aliphatic heterocycles. The molecule has 28 heavy (non-hydrogen) atoms. The Balaban J connectivity index is 2.18. The van der Waals surface area contributed by atoms with Gasteiger partial charge in [0.2, 0.25) is 5.95 Å². The zero-order chi connectivity index (χ0) is 20.3. The molecule has 144 valence electrons. The second kappa shape index (κ2) is 8.53. The van der Waals surface area contributed by atoms with E-state index < -0.39 is 0 Å². The number of aromatic nitrogens is 2. The molecule has 0 amide bonds. The number of hydrogen-bond acceptors (Lipinski definition) is 5. The SMILES string of the molecule is CC(C)Oc1ccc(-c2nc(NC(N)=S)ncc2-c2ccccc2)c(O)c1Br. The summed E-state index contributed by atoms with van der Waals surface area (Å²) in [6, 6.07) is 13.2. The lowest BCUT2D eigenvalue weighted by Crippen LogP contribution is -2.20. The van der Waals surface area contributed by atoms with Crippen molar-refractivity contribution in [2.75, 3.05) is 5.32 Å². The van der Waals surface area contributed by atoms with Crippen molar-refractivity contribution in [2.24, 2.45) is 5.73 Å². The molecule has 1 aromatic heterocycles. The maximum atomic E-state index is 10.8. The summed E-state index contributed by atoms with van der Waals surface area (Å²) < 4.78 is 6.18. The van der Waals surface area contributed by atoms with E-state index in [2.05, 4.69) is 31.2 Å². The summed E-state index contributed by atoms with van der Waals surface area (Å²) in [7, 11) is 0. The summed E-state index contributed by atoms with van der Waals surface area (Å²) in [6.07, 6.45) is 1.64. The molecular formula is C20H19BrN4O2S. The van der Waals surface area contributed by atoms with E-state index in [4.69, 9.17) is 22.7 Å². The fourth-order valence-corrected chi connectivity index (χ4v) is 3.20. The van der Waals surface area contributed by atoms with Crippen molar-refractivity contribution in [3.63, 3.8) is 0 Å². The van der Waals surface area contributed by atoms with E-state index in [-0.39, 0.29) is 22.9 Å². The Kier molecular flexibility index (Phi) is 6.11. The highest BCUT2D eigenvalue weighted by molar-refractivity contribution is 9.10. The molecule has 8 heteroatoms. The van der Waals surface area contributed by atoms with Gasteiger partial charge in [-0.25, -0.2) is 9.97 Å². The second-order valence-corrected chi connectivity index (χ2v) is 7.48. The van der Waals surface area contributed by atoms with Crippen LogP contribution in [0.15, 0.2) is 53.1 Å². The highest BCUT2D eigenvalue weighted by atomic mass is 79.9. The fraction of sp³-hybridized carbons (Fsp3) is 0.150. The summed E-state index contributed by atoms with van der Waals surface area (Å²) in [5, 5.41) is 13.6. The number of nitrogens with two attached hydrogens (primary N) is 1. The molecule has 0 radical (unpaired) electrons. The molecule has 0 aliphatic carbocycles. The van der Waals surface area contributed by atoms with Crippen LogP contribution < -0.4 is 15.8 Å². The number of nitrogens with one attached hydrogen (secondary N) is 1. The van der Waals surface area contributed by atoms with Crippen molar-refractivity contribution in [1.29, 1.82) is 0 Å². The number of aromatic hydroxyl groups is 1. The Morgan fingerprint density at radius 3 is 2.54 bits per heavy atom. The first-order valence-corrected chi connectivity index (χ1v) is 9.74. The molecule has 0 unspecified atom stereocenters. The molecule has 0 saturated carbocycles. The lowest BCUT2D eigenvalue weighted by Gasteiger charge is -2.16. The summed E-state index contributed by atoms with van der Waals surface area (Å²) in [4.78, 5) is 8.82. The van der Waals surface area contributed by atoms with Crippen molar-refractivity contribution in [3.8, 4) is 33.9 Å². The molecule has 0 bridgehead atoms. The van der Waals surface area contributed by atoms with E-state index in [0.717, 1.165) is 11.1 Å². The standard InChI is InChI=1S/C20H19BrN4O2S/c1-11(2)27-15-9-8-13(18(26)16(15)21)17-14(12-6-4-3-5-7-12)10-23-20(24-17)25-19(22)28/h3-11,26H,1-2H3,(H3,22,23,24,25,28). The number of hydrogen-bond donors (Lipinski definition) is 3. The van der Waals surface area contributed by atoms with Crippen LogP contribution in [0.5, 0.6) is 11.5 Å². The van der Waals surface area contributed by atoms with Crippen LogP contribution in [0.1, 0.15) is 13.8 Å². The quantitative estimate of drug-likeness (QED) is 0.476. The second-order valence-electron chi connectivity index (χ2n) is 6.25. The van der Waals surface area contributed by atoms with Gasteiger partial charge < -0.3 is 20.9 Å². The maximum absolute atomic E-state index is 10.8. The van der Waals surface area contributed by atoms with Gasteiger partial charge in [-0.2, -0.15) is 0 Å². The van der Waals surface area contributed by atoms with Gasteiger partial charge in [-0.3, -0.25) is 0 Å². The van der Waals surface area contributed by atoms with E-state index in [0.29, 0.717) is 21.5 Å². The Labute approximate surface area is 176 Å². The highest BCUT2D eigenvalue weighted by Crippen LogP contribution is 2.43. The number of phenolic OH excluding ortho intramolecular Hbond substituents is 1. The van der Waals surface area contributed by atoms with Gasteiger partial charge >= 0.3 is 0 Å². The summed E-state index contributed by atoms with van der Waals surface area (Å²) in [5.41, 5.74) is 8.28. The van der Waals surface area contributed by atoms with Gasteiger partial charge in [0.25, 0.3) is 0 Å². The third-order valence-electron chi connectivity index (χ3n) is 3.81. The third kappa shape index (κ3) is 4.40. The van der Waals surface area contributed by atoms with Gasteiger partial charge in [-0.1, -0.05) is 30.3 Å². The summed E-state index contributed by atoms with van der Waals surface area (Å²) in [6.45, 7) is 3.84. The first kappa shape index (κ1) is 20.0. The first-order chi connectivity index (χ1) is 13.4. The number of thiocarbonyl (C=S) groups is 1. The predicted molar refractivity (Wildman–Crippen MR) is 118 cm³/mol. The lowest BCUT2D eigenvalue weighted by atomic mass is 10.00. The summed E-state index contributed by atoms with van der Waals surface area (Å²) in [5.74, 6) is 0.823. The third-order valence-corrected chi connectivity index (χ3v) is 4.68. The molecule has 3 aromatic rings. The van der Waals surface area contributed by atoms with E-state index in [1.54, 1.807) is 18.3 Å². The van der Waals surface area contributed by atoms with Crippen LogP contribution in [0.2, 0.25) is 0 Å². The Hall–Kier alpha value is -2.71. The molecule has 0 saturated heterocycles. The van der Waals surface area contributed by atoms with Crippen LogP contribution in [0.3, 0.4) is 0 Å². The zero-order valence-corrected chi connectivity index (χ0v) is 17.7. The van der Waals surface area contributed by atoms with Crippen LogP contribution in [-0.2, 0) is 0 Å². The number of ether oxygens (including phenoxy) is 1. The number of halogens is 1. The molecule has 2 aromatic carbocycles. The summed E-state index contributed by atoms with van der Waals surface area (Å²) >= 11 is 8.30. The number of rotatable bonds is 5. The minimum absolute atomic E-state index is 0.0234. The van der Waals surface area contributed by atoms with Crippen molar-refractivity contribution in [1.82, 2.24) is 9.97 Å². The van der Waals surface area contributed by atoms with Gasteiger partial charge in [0, 0.05) is 17.3 Å². The van der Waals surface area contributed by atoms with Gasteiger partial charge in [0.1, 0.15) is 16.0 Å². The number of nitrogens with zero attached hydrogens (tertiary/aromatic N) is 2. The van der Waals surface area contributed by atoms with Crippen molar-refractivity contribution in [2.45, 2.75) is 20.0 Å². The molecule has 1 heterocycles. The average molecular weight is 459 g/mol. The molecule has 4 N–H and O–H groups in total. The first-order valence-electron chi connectivity index (χ1n) is 8.54. The van der Waals surface area contributed by atoms with E-state index in [9.17, 15) is 5.11 Å². The van der Waals surface area contributed by atoms with Gasteiger partial charge in [0.05, 0.1) is 11.8 Å². The molecule has 0 fully saturated rings. The van der Waals surface area contributed by atoms with Crippen molar-refractivity contribution >= 4 is 39.2 Å². The number of phenols is 1. The minimum atomic E-state index is -0.0261. The topological polar surface area (TPSA) is 93.3 Å². The smallest absolute Gasteiger partial charge is 0.229 e. The van der Waals surface area contributed by atoms with Crippen LogP contribution in [0, 0.1) is 0 Å². The highest BCUT2D eigenvalue weighted by Gasteiger charge is 2.19. The minimum Gasteiger partial charge on any atom is -0.506 e.